The molecule has 0 spiro atoms. The van der Waals surface area contributed by atoms with Crippen molar-refractivity contribution in [2.45, 2.75) is 6.92 Å². The summed E-state index contributed by atoms with van der Waals surface area (Å²) < 4.78 is 7.43. The number of rotatable bonds is 5. The van der Waals surface area contributed by atoms with Crippen LogP contribution >= 0.6 is 23.2 Å². The summed E-state index contributed by atoms with van der Waals surface area (Å²) >= 11 is 11.2. The SMILES string of the molecule is Cc1cc(OCC(Cl)=CCl)ccc1NC=[N+](C)C. The lowest BCUT2D eigenvalue weighted by molar-refractivity contribution is -0.459. The van der Waals surface area contributed by atoms with Crippen molar-refractivity contribution in [1.29, 1.82) is 0 Å². The van der Waals surface area contributed by atoms with Crippen LogP contribution in [0.25, 0.3) is 0 Å². The van der Waals surface area contributed by atoms with Crippen LogP contribution in [0.2, 0.25) is 0 Å². The van der Waals surface area contributed by atoms with Gasteiger partial charge in [0, 0.05) is 5.54 Å². The maximum absolute atomic E-state index is 5.75. The molecule has 5 heteroatoms. The second-order valence-corrected chi connectivity index (χ2v) is 4.76. The molecule has 0 amide bonds. The van der Waals surface area contributed by atoms with Gasteiger partial charge in [0.05, 0.1) is 19.1 Å². The van der Waals surface area contributed by atoms with Gasteiger partial charge in [-0.2, -0.15) is 0 Å². The topological polar surface area (TPSA) is 24.3 Å². The van der Waals surface area contributed by atoms with E-state index in [1.807, 2.05) is 50.1 Å². The lowest BCUT2D eigenvalue weighted by atomic mass is 10.2. The summed E-state index contributed by atoms with van der Waals surface area (Å²) in [5, 5.41) is 3.67. The molecule has 0 heterocycles. The highest BCUT2D eigenvalue weighted by molar-refractivity contribution is 6.36. The highest BCUT2D eigenvalue weighted by Crippen LogP contribution is 2.21. The summed E-state index contributed by atoms with van der Waals surface area (Å²) in [6.07, 6.45) is 1.88. The Morgan fingerprint density at radius 1 is 1.44 bits per heavy atom. The van der Waals surface area contributed by atoms with E-state index < -0.39 is 0 Å². The van der Waals surface area contributed by atoms with Gasteiger partial charge in [-0.1, -0.05) is 23.2 Å². The van der Waals surface area contributed by atoms with Gasteiger partial charge >= 0.3 is 0 Å². The number of nitrogens with one attached hydrogen (secondary N) is 1. The molecule has 0 fully saturated rings. The minimum atomic E-state index is 0.279. The average Bonchev–Trinajstić information content (AvgIpc) is 2.34. The second kappa shape index (κ2) is 7.29. The number of anilines is 1. The zero-order valence-electron chi connectivity index (χ0n) is 10.7. The van der Waals surface area contributed by atoms with Gasteiger partial charge in [0.1, 0.15) is 18.0 Å². The molecule has 0 radical (unpaired) electrons. The van der Waals surface area contributed by atoms with Crippen molar-refractivity contribution < 1.29 is 9.31 Å². The molecule has 0 saturated heterocycles. The molecule has 1 aromatic rings. The maximum Gasteiger partial charge on any atom is 0.236 e. The fourth-order valence-electron chi connectivity index (χ4n) is 1.27. The first-order chi connectivity index (χ1) is 8.52. The number of ether oxygens (including phenoxy) is 1. The average molecular weight is 288 g/mol. The van der Waals surface area contributed by atoms with Gasteiger partial charge in [-0.25, -0.2) is 5.32 Å². The van der Waals surface area contributed by atoms with Crippen LogP contribution < -0.4 is 10.1 Å². The third-order valence-corrected chi connectivity index (χ3v) is 2.76. The van der Waals surface area contributed by atoms with Crippen molar-refractivity contribution in [2.75, 3.05) is 26.0 Å². The Morgan fingerprint density at radius 3 is 2.72 bits per heavy atom. The normalized spacial score (nSPS) is 11.1. The lowest BCUT2D eigenvalue weighted by Crippen LogP contribution is -2.08. The molecule has 18 heavy (non-hydrogen) atoms. The van der Waals surface area contributed by atoms with E-state index in [9.17, 15) is 0 Å². The molecule has 0 unspecified atom stereocenters. The number of hydrogen-bond acceptors (Lipinski definition) is 1. The number of nitrogens with zero attached hydrogens (tertiary/aromatic N) is 1. The zero-order valence-corrected chi connectivity index (χ0v) is 12.2. The van der Waals surface area contributed by atoms with Crippen molar-refractivity contribution in [3.05, 3.63) is 34.3 Å². The third-order valence-electron chi connectivity index (χ3n) is 2.17. The van der Waals surface area contributed by atoms with E-state index in [0.717, 1.165) is 17.0 Å². The predicted molar refractivity (Wildman–Crippen MR) is 78.3 cm³/mol. The van der Waals surface area contributed by atoms with E-state index in [2.05, 4.69) is 5.32 Å². The van der Waals surface area contributed by atoms with Gasteiger partial charge < -0.3 is 4.74 Å². The van der Waals surface area contributed by atoms with Crippen LogP contribution in [0.4, 0.5) is 5.69 Å². The van der Waals surface area contributed by atoms with E-state index in [0.29, 0.717) is 5.03 Å². The molecular weight excluding hydrogens is 271 g/mol. The molecular formula is C13H17Cl2N2O+. The number of aryl methyl sites for hydroxylation is 1. The van der Waals surface area contributed by atoms with Gasteiger partial charge in [0.15, 0.2) is 0 Å². The van der Waals surface area contributed by atoms with E-state index in [4.69, 9.17) is 27.9 Å². The summed E-state index contributed by atoms with van der Waals surface area (Å²) in [4.78, 5) is 0. The Bertz CT molecular complexity index is 466. The largest absolute Gasteiger partial charge is 0.488 e. The summed E-state index contributed by atoms with van der Waals surface area (Å²) in [7, 11) is 3.92. The molecule has 0 aliphatic heterocycles. The molecule has 0 aliphatic carbocycles. The first kappa shape index (κ1) is 14.9. The highest BCUT2D eigenvalue weighted by Gasteiger charge is 2.03. The fourth-order valence-corrected chi connectivity index (χ4v) is 1.39. The fraction of sp³-hybridized carbons (Fsp3) is 0.308. The summed E-state index contributed by atoms with van der Waals surface area (Å²) in [6, 6.07) is 5.80. The monoisotopic (exact) mass is 287 g/mol. The molecule has 0 aromatic heterocycles. The van der Waals surface area contributed by atoms with Gasteiger partial charge in [0.25, 0.3) is 0 Å². The zero-order chi connectivity index (χ0) is 13.5. The van der Waals surface area contributed by atoms with Gasteiger partial charge in [-0.3, -0.25) is 4.58 Å². The Morgan fingerprint density at radius 2 is 2.17 bits per heavy atom. The van der Waals surface area contributed by atoms with Crippen LogP contribution in [-0.2, 0) is 0 Å². The minimum Gasteiger partial charge on any atom is -0.488 e. The second-order valence-electron chi connectivity index (χ2n) is 4.06. The number of benzene rings is 1. The standard InChI is InChI=1S/C13H16Cl2N2O/c1-10-6-12(18-8-11(15)7-14)4-5-13(10)16-9-17(2)3/h4-7,9H,8H2,1-3H3/p+1. The first-order valence-corrected chi connectivity index (χ1v) is 6.29. The first-order valence-electron chi connectivity index (χ1n) is 5.47. The van der Waals surface area contributed by atoms with Crippen LogP contribution in [0.1, 0.15) is 5.56 Å². The maximum atomic E-state index is 5.75. The van der Waals surface area contributed by atoms with E-state index in [-0.39, 0.29) is 6.61 Å². The van der Waals surface area contributed by atoms with Crippen molar-refractivity contribution in [2.24, 2.45) is 0 Å². The van der Waals surface area contributed by atoms with Crippen LogP contribution in [0.3, 0.4) is 0 Å². The number of hydrogen-bond donors (Lipinski definition) is 1. The number of halogens is 2. The highest BCUT2D eigenvalue weighted by atomic mass is 35.5. The van der Waals surface area contributed by atoms with Crippen LogP contribution in [0.15, 0.2) is 28.8 Å². The van der Waals surface area contributed by atoms with Crippen LogP contribution in [0, 0.1) is 6.92 Å². The molecule has 1 rings (SSSR count). The summed E-state index contributed by atoms with van der Waals surface area (Å²) in [6.45, 7) is 2.29. The smallest absolute Gasteiger partial charge is 0.236 e. The van der Waals surface area contributed by atoms with Crippen LogP contribution in [0.5, 0.6) is 5.75 Å². The van der Waals surface area contributed by atoms with E-state index >= 15 is 0 Å². The van der Waals surface area contributed by atoms with Gasteiger partial charge in [-0.15, -0.1) is 0 Å². The summed E-state index contributed by atoms with van der Waals surface area (Å²) in [5.41, 5.74) is 3.43. The molecule has 98 valence electrons. The Labute approximate surface area is 118 Å². The quantitative estimate of drug-likeness (QED) is 0.510. The molecule has 1 aromatic carbocycles. The summed E-state index contributed by atoms with van der Waals surface area (Å²) in [5.74, 6) is 0.763. The molecule has 0 aliphatic rings. The lowest BCUT2D eigenvalue weighted by Gasteiger charge is -2.07. The molecule has 1 N–H and O–H groups in total. The third kappa shape index (κ3) is 4.98. The van der Waals surface area contributed by atoms with E-state index in [1.54, 1.807) is 0 Å². The molecule has 3 nitrogen and oxygen atoms in total. The molecule has 0 saturated carbocycles. The van der Waals surface area contributed by atoms with E-state index in [1.165, 1.54) is 5.54 Å². The Kier molecular flexibility index (Phi) is 6.02. The van der Waals surface area contributed by atoms with Crippen molar-refractivity contribution in [3.63, 3.8) is 0 Å². The van der Waals surface area contributed by atoms with Crippen molar-refractivity contribution in [1.82, 2.24) is 0 Å². The van der Waals surface area contributed by atoms with Crippen LogP contribution in [-0.4, -0.2) is 31.6 Å². The minimum absolute atomic E-state index is 0.279. The Balaban J connectivity index is 2.70. The van der Waals surface area contributed by atoms with Gasteiger partial charge in [-0.05, 0) is 30.7 Å². The van der Waals surface area contributed by atoms with Crippen molar-refractivity contribution in [3.8, 4) is 5.75 Å². The van der Waals surface area contributed by atoms with Gasteiger partial charge in [0.2, 0.25) is 6.34 Å². The predicted octanol–water partition coefficient (Wildman–Crippen LogP) is 3.41. The molecule has 0 bridgehead atoms. The Hall–Kier alpha value is -1.19. The van der Waals surface area contributed by atoms with Crippen molar-refractivity contribution >= 4 is 35.2 Å². The molecule has 0 atom stereocenters.